The Morgan fingerprint density at radius 3 is 2.69 bits per heavy atom. The number of benzene rings is 1. The Kier molecular flexibility index (Phi) is 5.02. The van der Waals surface area contributed by atoms with Gasteiger partial charge in [0.2, 0.25) is 0 Å². The molecule has 0 atom stereocenters. The van der Waals surface area contributed by atoms with E-state index < -0.39 is 11.2 Å². The van der Waals surface area contributed by atoms with Crippen LogP contribution in [0.2, 0.25) is 0 Å². The standard InChI is InChI=1S/C21H23N5O3/c1-13-5-6-14(12-26-9-3-4-10-26)11-17(13)23-20(28)16-8-7-15-18(22-16)25(2)21(29)24-19(15)27/h5-8,11H,3-4,9-10,12H2,1-2H3,(H,23,28)(H,24,27,29). The molecule has 0 aliphatic carbocycles. The second-order valence-corrected chi connectivity index (χ2v) is 7.47. The van der Waals surface area contributed by atoms with E-state index in [1.54, 1.807) is 0 Å². The Balaban J connectivity index is 1.61. The number of aryl methyl sites for hydroxylation is 2. The zero-order valence-corrected chi connectivity index (χ0v) is 16.5. The van der Waals surface area contributed by atoms with Gasteiger partial charge in [0.1, 0.15) is 11.3 Å². The van der Waals surface area contributed by atoms with Gasteiger partial charge in [-0.1, -0.05) is 12.1 Å². The number of aromatic nitrogens is 3. The second kappa shape index (κ2) is 7.63. The molecule has 1 fully saturated rings. The minimum absolute atomic E-state index is 0.141. The number of carbonyl (C=O) groups excluding carboxylic acids is 1. The Labute approximate surface area is 167 Å². The highest BCUT2D eigenvalue weighted by Crippen LogP contribution is 2.20. The molecule has 0 saturated carbocycles. The van der Waals surface area contributed by atoms with E-state index in [2.05, 4.69) is 26.3 Å². The number of likely N-dealkylation sites (tertiary alicyclic amines) is 1. The van der Waals surface area contributed by atoms with Gasteiger partial charge in [0.25, 0.3) is 11.5 Å². The summed E-state index contributed by atoms with van der Waals surface area (Å²) < 4.78 is 1.22. The van der Waals surface area contributed by atoms with Crippen molar-refractivity contribution >= 4 is 22.6 Å². The predicted molar refractivity (Wildman–Crippen MR) is 111 cm³/mol. The lowest BCUT2D eigenvalue weighted by Crippen LogP contribution is -2.29. The molecule has 2 N–H and O–H groups in total. The van der Waals surface area contributed by atoms with Crippen molar-refractivity contribution in [2.45, 2.75) is 26.3 Å². The van der Waals surface area contributed by atoms with Crippen LogP contribution in [-0.2, 0) is 13.6 Å². The first-order valence-corrected chi connectivity index (χ1v) is 9.65. The molecule has 1 amide bonds. The van der Waals surface area contributed by atoms with Gasteiger partial charge in [0.05, 0.1) is 5.39 Å². The maximum atomic E-state index is 12.8. The molecule has 1 aliphatic rings. The highest BCUT2D eigenvalue weighted by Gasteiger charge is 2.15. The van der Waals surface area contributed by atoms with Crippen LogP contribution in [-0.4, -0.2) is 38.4 Å². The normalized spacial score (nSPS) is 14.4. The molecule has 8 nitrogen and oxygen atoms in total. The van der Waals surface area contributed by atoms with Crippen LogP contribution >= 0.6 is 0 Å². The average Bonchev–Trinajstić information content (AvgIpc) is 3.21. The number of amides is 1. The highest BCUT2D eigenvalue weighted by atomic mass is 16.2. The molecule has 0 bridgehead atoms. The van der Waals surface area contributed by atoms with E-state index in [1.165, 1.54) is 36.6 Å². The van der Waals surface area contributed by atoms with Gasteiger partial charge in [0, 0.05) is 19.3 Å². The number of hydrogen-bond acceptors (Lipinski definition) is 5. The minimum Gasteiger partial charge on any atom is -0.320 e. The fraction of sp³-hybridized carbons (Fsp3) is 0.333. The van der Waals surface area contributed by atoms with E-state index in [0.717, 1.165) is 36.4 Å². The molecule has 8 heteroatoms. The van der Waals surface area contributed by atoms with Crippen LogP contribution in [0.5, 0.6) is 0 Å². The summed E-state index contributed by atoms with van der Waals surface area (Å²) in [4.78, 5) is 45.4. The molecule has 2 aromatic heterocycles. The molecule has 0 unspecified atom stereocenters. The molecule has 1 saturated heterocycles. The number of carbonyl (C=O) groups is 1. The number of fused-ring (bicyclic) bond motifs is 1. The van der Waals surface area contributed by atoms with Crippen molar-refractivity contribution in [3.63, 3.8) is 0 Å². The minimum atomic E-state index is -0.571. The van der Waals surface area contributed by atoms with Gasteiger partial charge in [-0.25, -0.2) is 9.78 Å². The Bertz CT molecular complexity index is 1210. The fourth-order valence-corrected chi connectivity index (χ4v) is 3.64. The Morgan fingerprint density at radius 1 is 1.17 bits per heavy atom. The predicted octanol–water partition coefficient (Wildman–Crippen LogP) is 1.78. The zero-order valence-electron chi connectivity index (χ0n) is 16.5. The van der Waals surface area contributed by atoms with Gasteiger partial charge < -0.3 is 5.32 Å². The van der Waals surface area contributed by atoms with Crippen LogP contribution in [0.4, 0.5) is 5.69 Å². The quantitative estimate of drug-likeness (QED) is 0.704. The molecular weight excluding hydrogens is 370 g/mol. The van der Waals surface area contributed by atoms with Gasteiger partial charge in [-0.05, 0) is 62.2 Å². The topological polar surface area (TPSA) is 100 Å². The van der Waals surface area contributed by atoms with Crippen LogP contribution in [0.25, 0.3) is 11.0 Å². The number of hydrogen-bond donors (Lipinski definition) is 2. The first-order chi connectivity index (χ1) is 13.9. The van der Waals surface area contributed by atoms with E-state index in [1.807, 2.05) is 19.1 Å². The van der Waals surface area contributed by atoms with Crippen molar-refractivity contribution in [1.29, 1.82) is 0 Å². The van der Waals surface area contributed by atoms with Crippen molar-refractivity contribution in [2.75, 3.05) is 18.4 Å². The van der Waals surface area contributed by atoms with Crippen molar-refractivity contribution in [3.8, 4) is 0 Å². The van der Waals surface area contributed by atoms with Gasteiger partial charge >= 0.3 is 5.69 Å². The monoisotopic (exact) mass is 393 g/mol. The molecule has 3 heterocycles. The molecule has 29 heavy (non-hydrogen) atoms. The van der Waals surface area contributed by atoms with Gasteiger partial charge in [-0.2, -0.15) is 0 Å². The summed E-state index contributed by atoms with van der Waals surface area (Å²) in [6, 6.07) is 9.07. The van der Waals surface area contributed by atoms with E-state index in [0.29, 0.717) is 0 Å². The van der Waals surface area contributed by atoms with Crippen LogP contribution in [0.3, 0.4) is 0 Å². The summed E-state index contributed by atoms with van der Waals surface area (Å²) in [7, 11) is 1.50. The molecule has 1 aromatic carbocycles. The maximum absolute atomic E-state index is 12.8. The summed E-state index contributed by atoms with van der Waals surface area (Å²) in [6.45, 7) is 5.01. The number of anilines is 1. The lowest BCUT2D eigenvalue weighted by Gasteiger charge is -2.16. The van der Waals surface area contributed by atoms with E-state index in [4.69, 9.17) is 0 Å². The molecule has 1 aliphatic heterocycles. The highest BCUT2D eigenvalue weighted by molar-refractivity contribution is 6.04. The van der Waals surface area contributed by atoms with Crippen molar-refractivity contribution in [3.05, 3.63) is 68.0 Å². The third kappa shape index (κ3) is 3.84. The second-order valence-electron chi connectivity index (χ2n) is 7.47. The van der Waals surface area contributed by atoms with Gasteiger partial charge in [-0.15, -0.1) is 0 Å². The van der Waals surface area contributed by atoms with Gasteiger partial charge in [-0.3, -0.25) is 24.0 Å². The van der Waals surface area contributed by atoms with Crippen molar-refractivity contribution < 1.29 is 4.79 Å². The summed E-state index contributed by atoms with van der Waals surface area (Å²) >= 11 is 0. The number of nitrogens with one attached hydrogen (secondary N) is 2. The molecule has 0 radical (unpaired) electrons. The molecule has 0 spiro atoms. The number of rotatable bonds is 4. The summed E-state index contributed by atoms with van der Waals surface area (Å²) in [6.07, 6.45) is 2.46. The van der Waals surface area contributed by atoms with E-state index in [9.17, 15) is 14.4 Å². The van der Waals surface area contributed by atoms with Crippen LogP contribution in [0, 0.1) is 6.92 Å². The Morgan fingerprint density at radius 2 is 1.93 bits per heavy atom. The maximum Gasteiger partial charge on any atom is 0.329 e. The average molecular weight is 393 g/mol. The molecular formula is C21H23N5O3. The van der Waals surface area contributed by atoms with Crippen molar-refractivity contribution in [1.82, 2.24) is 19.4 Å². The lowest BCUT2D eigenvalue weighted by atomic mass is 10.1. The molecule has 3 aromatic rings. The smallest absolute Gasteiger partial charge is 0.320 e. The molecule has 4 rings (SSSR count). The number of nitrogens with zero attached hydrogens (tertiary/aromatic N) is 3. The third-order valence-corrected chi connectivity index (χ3v) is 5.35. The largest absolute Gasteiger partial charge is 0.329 e. The number of H-pyrrole nitrogens is 1. The van der Waals surface area contributed by atoms with E-state index >= 15 is 0 Å². The lowest BCUT2D eigenvalue weighted by molar-refractivity contribution is 0.102. The van der Waals surface area contributed by atoms with Crippen LogP contribution in [0.15, 0.2) is 39.9 Å². The summed E-state index contributed by atoms with van der Waals surface area (Å²) in [5, 5.41) is 3.17. The third-order valence-electron chi connectivity index (χ3n) is 5.35. The van der Waals surface area contributed by atoms with Gasteiger partial charge in [0.15, 0.2) is 0 Å². The Hall–Kier alpha value is -3.26. The van der Waals surface area contributed by atoms with E-state index in [-0.39, 0.29) is 22.6 Å². The van der Waals surface area contributed by atoms with Crippen LogP contribution < -0.4 is 16.6 Å². The number of pyridine rings is 1. The SMILES string of the molecule is Cc1ccc(CN2CCCC2)cc1NC(=O)c1ccc2c(=O)[nH]c(=O)n(C)c2n1. The first-order valence-electron chi connectivity index (χ1n) is 9.65. The zero-order chi connectivity index (χ0) is 20.5. The summed E-state index contributed by atoms with van der Waals surface area (Å²) in [5.41, 5.74) is 2.05. The number of aromatic amines is 1. The fourth-order valence-electron chi connectivity index (χ4n) is 3.64. The van der Waals surface area contributed by atoms with Crippen LogP contribution in [0.1, 0.15) is 34.5 Å². The summed E-state index contributed by atoms with van der Waals surface area (Å²) in [5.74, 6) is -0.388. The molecule has 150 valence electrons. The first kappa shape index (κ1) is 19.1. The van der Waals surface area contributed by atoms with Crippen molar-refractivity contribution in [2.24, 2.45) is 7.05 Å².